The number of rotatable bonds is 5. The van der Waals surface area contributed by atoms with Crippen LogP contribution in [0.5, 0.6) is 0 Å². The number of hydrogen-bond donors (Lipinski definition) is 1. The molecule has 5 heteroatoms. The molecule has 0 unspecified atom stereocenters. The van der Waals surface area contributed by atoms with E-state index in [1.807, 2.05) is 20.8 Å². The fourth-order valence-electron chi connectivity index (χ4n) is 1.18. The maximum atomic E-state index is 11.8. The highest BCUT2D eigenvalue weighted by Crippen LogP contribution is 2.11. The van der Waals surface area contributed by atoms with Gasteiger partial charge in [0.25, 0.3) is 0 Å². The van der Waals surface area contributed by atoms with E-state index in [4.69, 9.17) is 11.6 Å². The Bertz CT molecular complexity index is 506. The number of nitrogens with one attached hydrogen (secondary N) is 1. The topological polar surface area (TPSA) is 46.2 Å². The third kappa shape index (κ3) is 5.21. The molecule has 0 amide bonds. The fraction of sp³-hybridized carbons (Fsp3) is 0.385. The van der Waals surface area contributed by atoms with Crippen LogP contribution in [0.3, 0.4) is 0 Å². The van der Waals surface area contributed by atoms with Crippen molar-refractivity contribution in [2.45, 2.75) is 26.8 Å². The van der Waals surface area contributed by atoms with E-state index in [2.05, 4.69) is 4.72 Å². The Morgan fingerprint density at radius 2 is 1.72 bits per heavy atom. The molecule has 1 N–H and O–H groups in total. The van der Waals surface area contributed by atoms with E-state index < -0.39 is 10.0 Å². The second-order valence-corrected chi connectivity index (χ2v) is 6.58. The molecule has 1 aromatic rings. The molecule has 1 rings (SSSR count). The molecule has 0 heterocycles. The Morgan fingerprint density at radius 3 is 2.22 bits per heavy atom. The Balaban J connectivity index is 2.74. The van der Waals surface area contributed by atoms with E-state index >= 15 is 0 Å². The summed E-state index contributed by atoms with van der Waals surface area (Å²) in [5, 5.41) is 1.80. The maximum absolute atomic E-state index is 11.8. The van der Waals surface area contributed by atoms with E-state index in [0.29, 0.717) is 5.02 Å². The highest BCUT2D eigenvalue weighted by atomic mass is 35.5. The molecular weight excluding hydrogens is 270 g/mol. The molecule has 18 heavy (non-hydrogen) atoms. The van der Waals surface area contributed by atoms with Gasteiger partial charge in [-0.05, 0) is 36.6 Å². The van der Waals surface area contributed by atoms with Crippen molar-refractivity contribution in [3.05, 3.63) is 40.3 Å². The quantitative estimate of drug-likeness (QED) is 0.903. The lowest BCUT2D eigenvalue weighted by Gasteiger charge is -2.15. The van der Waals surface area contributed by atoms with Crippen molar-refractivity contribution in [2.24, 2.45) is 5.92 Å². The summed E-state index contributed by atoms with van der Waals surface area (Å²) in [7, 11) is -3.40. The van der Waals surface area contributed by atoms with Crippen LogP contribution >= 0.6 is 11.6 Å². The second-order valence-electron chi connectivity index (χ2n) is 4.55. The van der Waals surface area contributed by atoms with Gasteiger partial charge in [0, 0.05) is 16.5 Å². The van der Waals surface area contributed by atoms with Gasteiger partial charge in [-0.2, -0.15) is 0 Å². The summed E-state index contributed by atoms with van der Waals surface area (Å²) in [6.45, 7) is 5.78. The Kier molecular flexibility index (Phi) is 5.38. The van der Waals surface area contributed by atoms with Crippen molar-refractivity contribution in [1.82, 2.24) is 4.72 Å². The number of sulfonamides is 1. The minimum atomic E-state index is -3.40. The maximum Gasteiger partial charge on any atom is 0.233 e. The first-order valence-electron chi connectivity index (χ1n) is 5.76. The molecule has 1 atom stereocenters. The van der Waals surface area contributed by atoms with Crippen LogP contribution in [-0.2, 0) is 10.0 Å². The van der Waals surface area contributed by atoms with Gasteiger partial charge in [0.15, 0.2) is 0 Å². The van der Waals surface area contributed by atoms with Gasteiger partial charge in [0.05, 0.1) is 0 Å². The summed E-state index contributed by atoms with van der Waals surface area (Å²) in [5.74, 6) is 0.253. The predicted molar refractivity (Wildman–Crippen MR) is 76.8 cm³/mol. The molecule has 0 bridgehead atoms. The highest BCUT2D eigenvalue weighted by molar-refractivity contribution is 7.92. The Labute approximate surface area is 114 Å². The lowest BCUT2D eigenvalue weighted by Crippen LogP contribution is -2.34. The van der Waals surface area contributed by atoms with Gasteiger partial charge in [-0.25, -0.2) is 13.1 Å². The smallest absolute Gasteiger partial charge is 0.209 e. The Hall–Kier alpha value is -0.840. The van der Waals surface area contributed by atoms with Gasteiger partial charge in [0.2, 0.25) is 10.0 Å². The van der Waals surface area contributed by atoms with E-state index in [-0.39, 0.29) is 12.0 Å². The molecule has 100 valence electrons. The molecule has 0 fully saturated rings. The van der Waals surface area contributed by atoms with Crippen LogP contribution < -0.4 is 4.72 Å². The third-order valence-electron chi connectivity index (χ3n) is 2.66. The predicted octanol–water partition coefficient (Wildman–Crippen LogP) is 3.27. The summed E-state index contributed by atoms with van der Waals surface area (Å²) in [6.07, 6.45) is 1.55. The van der Waals surface area contributed by atoms with Crippen LogP contribution in [0.25, 0.3) is 6.08 Å². The van der Waals surface area contributed by atoms with Crippen LogP contribution in [0.15, 0.2) is 29.7 Å². The average Bonchev–Trinajstić information content (AvgIpc) is 2.27. The lowest BCUT2D eigenvalue weighted by atomic mass is 10.1. The van der Waals surface area contributed by atoms with Crippen LogP contribution in [0.2, 0.25) is 5.02 Å². The first-order valence-corrected chi connectivity index (χ1v) is 7.68. The van der Waals surface area contributed by atoms with Crippen molar-refractivity contribution in [2.75, 3.05) is 0 Å². The first kappa shape index (κ1) is 15.2. The monoisotopic (exact) mass is 287 g/mol. The molecule has 1 aromatic carbocycles. The summed E-state index contributed by atoms with van der Waals surface area (Å²) in [5.41, 5.74) is 0.793. The van der Waals surface area contributed by atoms with Crippen LogP contribution in [0, 0.1) is 5.92 Å². The van der Waals surface area contributed by atoms with E-state index in [1.54, 1.807) is 30.3 Å². The van der Waals surface area contributed by atoms with E-state index in [9.17, 15) is 8.42 Å². The summed E-state index contributed by atoms with van der Waals surface area (Å²) < 4.78 is 26.1. The van der Waals surface area contributed by atoms with Gasteiger partial charge in [0.1, 0.15) is 0 Å². The van der Waals surface area contributed by atoms with Crippen LogP contribution in [0.4, 0.5) is 0 Å². The second kappa shape index (κ2) is 6.36. The third-order valence-corrected chi connectivity index (χ3v) is 4.11. The molecule has 0 spiro atoms. The first-order chi connectivity index (χ1) is 8.30. The zero-order valence-electron chi connectivity index (χ0n) is 10.7. The molecule has 0 saturated heterocycles. The van der Waals surface area contributed by atoms with Crippen molar-refractivity contribution < 1.29 is 8.42 Å². The zero-order chi connectivity index (χ0) is 13.8. The molecule has 0 saturated carbocycles. The molecular formula is C13H18ClNO2S. The largest absolute Gasteiger partial charge is 0.233 e. The van der Waals surface area contributed by atoms with Crippen LogP contribution in [-0.4, -0.2) is 14.5 Å². The number of benzene rings is 1. The van der Waals surface area contributed by atoms with Crippen molar-refractivity contribution >= 4 is 27.7 Å². The van der Waals surface area contributed by atoms with E-state index in [1.165, 1.54) is 5.41 Å². The minimum absolute atomic E-state index is 0.0927. The molecule has 0 aliphatic heterocycles. The molecule has 0 aromatic heterocycles. The zero-order valence-corrected chi connectivity index (χ0v) is 12.3. The number of hydrogen-bond acceptors (Lipinski definition) is 2. The van der Waals surface area contributed by atoms with Crippen molar-refractivity contribution in [1.29, 1.82) is 0 Å². The molecule has 0 radical (unpaired) electrons. The van der Waals surface area contributed by atoms with E-state index in [0.717, 1.165) is 5.56 Å². The summed E-state index contributed by atoms with van der Waals surface area (Å²) in [4.78, 5) is 0. The van der Waals surface area contributed by atoms with Crippen molar-refractivity contribution in [3.63, 3.8) is 0 Å². The highest BCUT2D eigenvalue weighted by Gasteiger charge is 2.13. The standard InChI is InChI=1S/C13H18ClNO2S/c1-10(2)11(3)15-18(16,17)9-8-12-4-6-13(14)7-5-12/h4-11,15H,1-3H3/b9-8+/t11-/m0/s1. The summed E-state index contributed by atoms with van der Waals surface area (Å²) >= 11 is 5.75. The van der Waals surface area contributed by atoms with Crippen LogP contribution in [0.1, 0.15) is 26.3 Å². The average molecular weight is 288 g/mol. The normalized spacial score (nSPS) is 14.3. The van der Waals surface area contributed by atoms with Gasteiger partial charge in [-0.15, -0.1) is 0 Å². The van der Waals surface area contributed by atoms with Gasteiger partial charge in [-0.3, -0.25) is 0 Å². The summed E-state index contributed by atoms with van der Waals surface area (Å²) in [6, 6.07) is 6.88. The minimum Gasteiger partial charge on any atom is -0.209 e. The number of halogens is 1. The molecule has 0 aliphatic rings. The lowest BCUT2D eigenvalue weighted by molar-refractivity contribution is 0.480. The molecule has 3 nitrogen and oxygen atoms in total. The van der Waals surface area contributed by atoms with Gasteiger partial charge >= 0.3 is 0 Å². The van der Waals surface area contributed by atoms with Crippen molar-refractivity contribution in [3.8, 4) is 0 Å². The molecule has 0 aliphatic carbocycles. The van der Waals surface area contributed by atoms with Gasteiger partial charge < -0.3 is 0 Å². The Morgan fingerprint density at radius 1 is 1.17 bits per heavy atom. The fourth-order valence-corrected chi connectivity index (χ4v) is 2.51. The SMILES string of the molecule is CC(C)[C@H](C)NS(=O)(=O)/C=C/c1ccc(Cl)cc1. The van der Waals surface area contributed by atoms with Gasteiger partial charge in [-0.1, -0.05) is 37.6 Å².